The number of rotatable bonds is 6. The van der Waals surface area contributed by atoms with Gasteiger partial charge in [-0.15, -0.1) is 0 Å². The molecule has 28 heavy (non-hydrogen) atoms. The van der Waals surface area contributed by atoms with Gasteiger partial charge < -0.3 is 20.5 Å². The van der Waals surface area contributed by atoms with Gasteiger partial charge in [-0.05, 0) is 69.0 Å². The van der Waals surface area contributed by atoms with Crippen LogP contribution in [0.4, 0.5) is 14.9 Å². The van der Waals surface area contributed by atoms with E-state index in [0.29, 0.717) is 34.9 Å². The maximum absolute atomic E-state index is 13.3. The third kappa shape index (κ3) is 6.30. The van der Waals surface area contributed by atoms with E-state index in [0.717, 1.165) is 5.56 Å². The molecule has 3 N–H and O–H groups in total. The molecule has 1 atom stereocenters. The van der Waals surface area contributed by atoms with E-state index in [2.05, 4.69) is 5.32 Å². The van der Waals surface area contributed by atoms with E-state index in [-0.39, 0.29) is 5.82 Å². The number of carbonyl (C=O) groups excluding carboxylic acids is 1. The Kier molecular flexibility index (Phi) is 7.13. The molecular formula is C21H26ClFN2O3. The number of nitrogen functional groups attached to an aromatic ring is 1. The number of hydrogen-bond acceptors (Lipinski definition) is 4. The smallest absolute Gasteiger partial charge is 0.408 e. The van der Waals surface area contributed by atoms with Crippen LogP contribution < -0.4 is 15.8 Å². The van der Waals surface area contributed by atoms with Crippen LogP contribution in [-0.2, 0) is 11.2 Å². The Morgan fingerprint density at radius 1 is 1.25 bits per heavy atom. The SMILES string of the molecule is COc1cc(CCC(OC(=O)NC(C)(C)C)c2ccc(F)cc2)c(Cl)cc1N. The highest BCUT2D eigenvalue weighted by molar-refractivity contribution is 6.31. The van der Waals surface area contributed by atoms with Crippen molar-refractivity contribution in [2.75, 3.05) is 12.8 Å². The second-order valence-electron chi connectivity index (χ2n) is 7.54. The number of halogens is 2. The highest BCUT2D eigenvalue weighted by atomic mass is 35.5. The molecule has 0 spiro atoms. The lowest BCUT2D eigenvalue weighted by Gasteiger charge is -2.24. The van der Waals surface area contributed by atoms with E-state index < -0.39 is 17.7 Å². The molecule has 1 amide bonds. The van der Waals surface area contributed by atoms with Gasteiger partial charge in [-0.3, -0.25) is 0 Å². The normalized spacial score (nSPS) is 12.4. The number of methoxy groups -OCH3 is 1. The highest BCUT2D eigenvalue weighted by Gasteiger charge is 2.21. The van der Waals surface area contributed by atoms with Gasteiger partial charge in [-0.25, -0.2) is 9.18 Å². The van der Waals surface area contributed by atoms with Gasteiger partial charge in [-0.2, -0.15) is 0 Å². The Hall–Kier alpha value is -2.47. The number of hydrogen-bond donors (Lipinski definition) is 2. The summed E-state index contributed by atoms with van der Waals surface area (Å²) in [5.74, 6) is 0.178. The topological polar surface area (TPSA) is 73.6 Å². The Labute approximate surface area is 170 Å². The summed E-state index contributed by atoms with van der Waals surface area (Å²) in [6.45, 7) is 5.59. The Bertz CT molecular complexity index is 820. The van der Waals surface area contributed by atoms with Crippen LogP contribution in [0.2, 0.25) is 5.02 Å². The predicted octanol–water partition coefficient (Wildman–Crippen LogP) is 5.27. The van der Waals surface area contributed by atoms with Crippen molar-refractivity contribution in [3.05, 3.63) is 58.4 Å². The average molecular weight is 409 g/mol. The Balaban J connectivity index is 2.20. The molecule has 2 rings (SSSR count). The lowest BCUT2D eigenvalue weighted by molar-refractivity contribution is 0.0864. The zero-order valence-electron chi connectivity index (χ0n) is 16.5. The van der Waals surface area contributed by atoms with Crippen LogP contribution in [0.5, 0.6) is 5.75 Å². The zero-order chi connectivity index (χ0) is 20.9. The summed E-state index contributed by atoms with van der Waals surface area (Å²) < 4.78 is 24.2. The summed E-state index contributed by atoms with van der Waals surface area (Å²) in [7, 11) is 1.53. The molecule has 2 aromatic rings. The van der Waals surface area contributed by atoms with Gasteiger partial charge in [0.05, 0.1) is 12.8 Å². The van der Waals surface area contributed by atoms with Gasteiger partial charge in [-0.1, -0.05) is 23.7 Å². The number of alkyl carbamates (subject to hydrolysis) is 1. The summed E-state index contributed by atoms with van der Waals surface area (Å²) in [4.78, 5) is 12.3. The first-order valence-corrected chi connectivity index (χ1v) is 9.33. The molecule has 0 radical (unpaired) electrons. The number of ether oxygens (including phenoxy) is 2. The monoisotopic (exact) mass is 408 g/mol. The van der Waals surface area contributed by atoms with Gasteiger partial charge in [0.2, 0.25) is 0 Å². The van der Waals surface area contributed by atoms with E-state index in [9.17, 15) is 9.18 Å². The van der Waals surface area contributed by atoms with Crippen LogP contribution in [0.1, 0.15) is 44.4 Å². The van der Waals surface area contributed by atoms with Crippen molar-refractivity contribution in [2.24, 2.45) is 0 Å². The standard InChI is InChI=1S/C21H26ClFN2O3/c1-21(2,3)25-20(26)28-18(13-5-8-15(23)9-6-13)10-7-14-11-19(27-4)17(24)12-16(14)22/h5-6,8-9,11-12,18H,7,10,24H2,1-4H3,(H,25,26). The number of nitrogens with two attached hydrogens (primary N) is 1. The summed E-state index contributed by atoms with van der Waals surface area (Å²) in [6.07, 6.45) is -0.138. The zero-order valence-corrected chi connectivity index (χ0v) is 17.3. The van der Waals surface area contributed by atoms with Crippen LogP contribution in [0.25, 0.3) is 0 Å². The number of anilines is 1. The van der Waals surface area contributed by atoms with Gasteiger partial charge in [0.25, 0.3) is 0 Å². The van der Waals surface area contributed by atoms with Crippen molar-refractivity contribution < 1.29 is 18.7 Å². The van der Waals surface area contributed by atoms with Crippen LogP contribution in [0.3, 0.4) is 0 Å². The second kappa shape index (κ2) is 9.15. The first-order valence-electron chi connectivity index (χ1n) is 8.95. The second-order valence-corrected chi connectivity index (χ2v) is 7.95. The third-order valence-corrected chi connectivity index (χ3v) is 4.39. The molecular weight excluding hydrogens is 383 g/mol. The van der Waals surface area contributed by atoms with E-state index in [1.165, 1.54) is 19.2 Å². The molecule has 0 saturated carbocycles. The van der Waals surface area contributed by atoms with Crippen LogP contribution in [-0.4, -0.2) is 18.7 Å². The molecule has 0 aromatic heterocycles. The maximum atomic E-state index is 13.3. The lowest BCUT2D eigenvalue weighted by Crippen LogP contribution is -2.41. The van der Waals surface area contributed by atoms with Gasteiger partial charge in [0, 0.05) is 10.6 Å². The van der Waals surface area contributed by atoms with Crippen molar-refractivity contribution in [3.8, 4) is 5.75 Å². The minimum absolute atomic E-state index is 0.354. The number of benzene rings is 2. The van der Waals surface area contributed by atoms with E-state index in [1.807, 2.05) is 20.8 Å². The van der Waals surface area contributed by atoms with E-state index in [1.54, 1.807) is 24.3 Å². The molecule has 0 aliphatic heterocycles. The number of carbonyl (C=O) groups is 1. The fourth-order valence-electron chi connectivity index (χ4n) is 2.70. The third-order valence-electron chi connectivity index (χ3n) is 4.04. The summed E-state index contributed by atoms with van der Waals surface area (Å²) in [6, 6.07) is 9.30. The van der Waals surface area contributed by atoms with Crippen molar-refractivity contribution >= 4 is 23.4 Å². The fraction of sp³-hybridized carbons (Fsp3) is 0.381. The number of amides is 1. The first kappa shape index (κ1) is 21.8. The molecule has 152 valence electrons. The molecule has 0 aliphatic carbocycles. The Morgan fingerprint density at radius 3 is 2.46 bits per heavy atom. The van der Waals surface area contributed by atoms with Crippen LogP contribution in [0, 0.1) is 5.82 Å². The first-order chi connectivity index (χ1) is 13.1. The molecule has 0 aliphatic rings. The predicted molar refractivity (Wildman–Crippen MR) is 109 cm³/mol. The van der Waals surface area contributed by atoms with Crippen LogP contribution >= 0.6 is 11.6 Å². The molecule has 1 unspecified atom stereocenters. The molecule has 2 aromatic carbocycles. The van der Waals surface area contributed by atoms with E-state index in [4.69, 9.17) is 26.8 Å². The minimum atomic E-state index is -0.567. The highest BCUT2D eigenvalue weighted by Crippen LogP contribution is 2.32. The Morgan fingerprint density at radius 2 is 1.89 bits per heavy atom. The quantitative estimate of drug-likeness (QED) is 0.638. The largest absolute Gasteiger partial charge is 0.495 e. The fourth-order valence-corrected chi connectivity index (χ4v) is 2.97. The minimum Gasteiger partial charge on any atom is -0.495 e. The molecule has 0 fully saturated rings. The lowest BCUT2D eigenvalue weighted by atomic mass is 10.0. The van der Waals surface area contributed by atoms with Gasteiger partial charge in [0.1, 0.15) is 17.7 Å². The van der Waals surface area contributed by atoms with Crippen molar-refractivity contribution in [1.82, 2.24) is 5.32 Å². The van der Waals surface area contributed by atoms with Crippen molar-refractivity contribution in [3.63, 3.8) is 0 Å². The van der Waals surface area contributed by atoms with Gasteiger partial charge >= 0.3 is 6.09 Å². The molecule has 0 saturated heterocycles. The number of nitrogens with one attached hydrogen (secondary N) is 1. The molecule has 5 nitrogen and oxygen atoms in total. The van der Waals surface area contributed by atoms with Crippen molar-refractivity contribution in [1.29, 1.82) is 0 Å². The molecule has 0 bridgehead atoms. The summed E-state index contributed by atoms with van der Waals surface area (Å²) >= 11 is 6.30. The maximum Gasteiger partial charge on any atom is 0.408 e. The van der Waals surface area contributed by atoms with Crippen molar-refractivity contribution in [2.45, 2.75) is 45.3 Å². The van der Waals surface area contributed by atoms with Crippen LogP contribution in [0.15, 0.2) is 36.4 Å². The number of aryl methyl sites for hydroxylation is 1. The average Bonchev–Trinajstić information content (AvgIpc) is 2.59. The molecule has 0 heterocycles. The van der Waals surface area contributed by atoms with Gasteiger partial charge in [0.15, 0.2) is 0 Å². The summed E-state index contributed by atoms with van der Waals surface area (Å²) in [5.41, 5.74) is 7.40. The summed E-state index contributed by atoms with van der Waals surface area (Å²) in [5, 5.41) is 3.28. The van der Waals surface area contributed by atoms with E-state index >= 15 is 0 Å². The molecule has 7 heteroatoms.